The van der Waals surface area contributed by atoms with Crippen molar-refractivity contribution in [3.63, 3.8) is 0 Å². The summed E-state index contributed by atoms with van der Waals surface area (Å²) in [6.45, 7) is -0.0546. The van der Waals surface area contributed by atoms with Crippen molar-refractivity contribution in [3.05, 3.63) is 29.3 Å². The van der Waals surface area contributed by atoms with Gasteiger partial charge in [0.25, 0.3) is 0 Å². The number of carboxylic acid groups (broad SMARTS) is 1. The van der Waals surface area contributed by atoms with Crippen LogP contribution in [0.25, 0.3) is 0 Å². The van der Waals surface area contributed by atoms with Crippen LogP contribution in [0.15, 0.2) is 24.3 Å². The Morgan fingerprint density at radius 3 is 2.65 bits per heavy atom. The van der Waals surface area contributed by atoms with E-state index in [0.29, 0.717) is 10.8 Å². The largest absolute Gasteiger partial charge is 0.491 e. The van der Waals surface area contributed by atoms with Crippen molar-refractivity contribution in [1.29, 1.82) is 0 Å². The van der Waals surface area contributed by atoms with Gasteiger partial charge in [-0.2, -0.15) is 0 Å². The topological polar surface area (TPSA) is 66.8 Å². The number of nitrogens with zero attached hydrogens (tertiary/aromatic N) is 1. The number of carbonyl (C=O) groups is 2. The highest BCUT2D eigenvalue weighted by Gasteiger charge is 2.33. The van der Waals surface area contributed by atoms with Crippen molar-refractivity contribution >= 4 is 23.5 Å². The Labute approximate surface area is 122 Å². The van der Waals surface area contributed by atoms with E-state index in [4.69, 9.17) is 21.4 Å². The number of ether oxygens (including phenoxy) is 1. The number of hydrogen-bond acceptors (Lipinski definition) is 3. The summed E-state index contributed by atoms with van der Waals surface area (Å²) in [6.07, 6.45) is 1.91. The van der Waals surface area contributed by atoms with Crippen molar-refractivity contribution in [2.45, 2.75) is 25.3 Å². The van der Waals surface area contributed by atoms with E-state index in [1.54, 1.807) is 24.3 Å². The van der Waals surface area contributed by atoms with E-state index in [9.17, 15) is 9.59 Å². The molecule has 1 fully saturated rings. The van der Waals surface area contributed by atoms with Crippen LogP contribution in [0.1, 0.15) is 19.3 Å². The zero-order valence-electron chi connectivity index (χ0n) is 10.9. The molecule has 108 valence electrons. The van der Waals surface area contributed by atoms with Crippen molar-refractivity contribution < 1.29 is 19.4 Å². The Morgan fingerprint density at radius 2 is 2.05 bits per heavy atom. The highest BCUT2D eigenvalue weighted by atomic mass is 35.5. The molecule has 1 aliphatic carbocycles. The summed E-state index contributed by atoms with van der Waals surface area (Å²) in [5.74, 6) is -0.655. The third kappa shape index (κ3) is 4.13. The normalized spacial score (nSPS) is 13.8. The lowest BCUT2D eigenvalue weighted by Crippen LogP contribution is -2.38. The van der Waals surface area contributed by atoms with Gasteiger partial charge in [-0.05, 0) is 25.0 Å². The van der Waals surface area contributed by atoms with Crippen molar-refractivity contribution in [2.75, 3.05) is 13.2 Å². The summed E-state index contributed by atoms with van der Waals surface area (Å²) in [5, 5.41) is 9.30. The number of amides is 1. The zero-order valence-corrected chi connectivity index (χ0v) is 11.7. The van der Waals surface area contributed by atoms with Crippen LogP contribution in [0.2, 0.25) is 5.02 Å². The first-order valence-electron chi connectivity index (χ1n) is 6.46. The summed E-state index contributed by atoms with van der Waals surface area (Å²) >= 11 is 5.93. The van der Waals surface area contributed by atoms with Crippen LogP contribution in [-0.2, 0) is 9.59 Å². The van der Waals surface area contributed by atoms with E-state index in [0.717, 1.165) is 12.8 Å². The number of halogens is 1. The Bertz CT molecular complexity index is 502. The monoisotopic (exact) mass is 297 g/mol. The molecule has 1 aromatic carbocycles. The van der Waals surface area contributed by atoms with Crippen LogP contribution >= 0.6 is 11.6 Å². The first kappa shape index (κ1) is 14.7. The summed E-state index contributed by atoms with van der Waals surface area (Å²) in [4.78, 5) is 24.1. The van der Waals surface area contributed by atoms with E-state index in [-0.39, 0.29) is 31.5 Å². The molecule has 6 heteroatoms. The number of para-hydroxylation sites is 1. The summed E-state index contributed by atoms with van der Waals surface area (Å²) in [5.41, 5.74) is 0. The molecule has 0 saturated heterocycles. The standard InChI is InChI=1S/C14H16ClNO4/c15-11-3-1-2-4-12(11)20-8-7-13(17)16(9-14(18)19)10-5-6-10/h1-4,10H,5-9H2,(H,18,19). The molecule has 1 aliphatic rings. The predicted molar refractivity (Wildman–Crippen MR) is 73.9 cm³/mol. The summed E-state index contributed by atoms with van der Waals surface area (Å²) < 4.78 is 5.44. The van der Waals surface area contributed by atoms with Gasteiger partial charge in [0.15, 0.2) is 0 Å². The quantitative estimate of drug-likeness (QED) is 0.838. The molecule has 0 spiro atoms. The third-order valence-electron chi connectivity index (χ3n) is 3.02. The lowest BCUT2D eigenvalue weighted by Gasteiger charge is -2.20. The highest BCUT2D eigenvalue weighted by Crippen LogP contribution is 2.27. The van der Waals surface area contributed by atoms with E-state index < -0.39 is 5.97 Å². The first-order valence-corrected chi connectivity index (χ1v) is 6.84. The summed E-state index contributed by atoms with van der Waals surface area (Å²) in [6, 6.07) is 7.10. The Hall–Kier alpha value is -1.75. The van der Waals surface area contributed by atoms with Gasteiger partial charge in [0, 0.05) is 6.04 Å². The van der Waals surface area contributed by atoms with Crippen molar-refractivity contribution in [3.8, 4) is 5.75 Å². The average molecular weight is 298 g/mol. The molecule has 0 radical (unpaired) electrons. The maximum Gasteiger partial charge on any atom is 0.323 e. The minimum Gasteiger partial charge on any atom is -0.491 e. The summed E-state index contributed by atoms with van der Waals surface area (Å²) in [7, 11) is 0. The van der Waals surface area contributed by atoms with E-state index in [2.05, 4.69) is 0 Å². The molecule has 0 aliphatic heterocycles. The van der Waals surface area contributed by atoms with Crippen LogP contribution in [-0.4, -0.2) is 41.1 Å². The third-order valence-corrected chi connectivity index (χ3v) is 3.34. The molecule has 1 N–H and O–H groups in total. The van der Waals surface area contributed by atoms with Gasteiger partial charge in [-0.3, -0.25) is 9.59 Å². The lowest BCUT2D eigenvalue weighted by molar-refractivity contribution is -0.145. The molecule has 0 atom stereocenters. The molecule has 0 heterocycles. The second-order valence-corrected chi connectivity index (χ2v) is 5.08. The molecule has 2 rings (SSSR count). The minimum absolute atomic E-state index is 0.0823. The maximum absolute atomic E-state index is 12.0. The average Bonchev–Trinajstić information content (AvgIpc) is 3.22. The van der Waals surface area contributed by atoms with Crippen LogP contribution in [0.3, 0.4) is 0 Å². The van der Waals surface area contributed by atoms with Crippen LogP contribution in [0.5, 0.6) is 5.75 Å². The minimum atomic E-state index is -0.989. The molecule has 0 unspecified atom stereocenters. The molecule has 1 saturated carbocycles. The Balaban J connectivity index is 1.82. The van der Waals surface area contributed by atoms with Gasteiger partial charge in [-0.25, -0.2) is 0 Å². The van der Waals surface area contributed by atoms with E-state index in [1.807, 2.05) is 0 Å². The smallest absolute Gasteiger partial charge is 0.323 e. The molecule has 5 nitrogen and oxygen atoms in total. The Morgan fingerprint density at radius 1 is 1.35 bits per heavy atom. The fourth-order valence-electron chi connectivity index (χ4n) is 1.91. The van der Waals surface area contributed by atoms with Crippen LogP contribution < -0.4 is 4.74 Å². The highest BCUT2D eigenvalue weighted by molar-refractivity contribution is 6.32. The molecular formula is C14H16ClNO4. The van der Waals surface area contributed by atoms with Gasteiger partial charge < -0.3 is 14.7 Å². The maximum atomic E-state index is 12.0. The second-order valence-electron chi connectivity index (χ2n) is 4.68. The zero-order chi connectivity index (χ0) is 14.5. The second kappa shape index (κ2) is 6.61. The van der Waals surface area contributed by atoms with Gasteiger partial charge >= 0.3 is 5.97 Å². The molecule has 1 aromatic rings. The molecule has 0 aromatic heterocycles. The van der Waals surface area contributed by atoms with Crippen molar-refractivity contribution in [1.82, 2.24) is 4.90 Å². The number of hydrogen-bond donors (Lipinski definition) is 1. The number of rotatable bonds is 7. The molecule has 0 bridgehead atoms. The van der Waals surface area contributed by atoms with E-state index >= 15 is 0 Å². The van der Waals surface area contributed by atoms with Gasteiger partial charge in [0.2, 0.25) is 5.91 Å². The van der Waals surface area contributed by atoms with Crippen LogP contribution in [0.4, 0.5) is 0 Å². The predicted octanol–water partition coefficient (Wildman–Crippen LogP) is 2.18. The first-order chi connectivity index (χ1) is 9.58. The fourth-order valence-corrected chi connectivity index (χ4v) is 2.10. The number of benzene rings is 1. The van der Waals surface area contributed by atoms with E-state index in [1.165, 1.54) is 4.90 Å². The van der Waals surface area contributed by atoms with Crippen LogP contribution in [0, 0.1) is 0 Å². The molecular weight excluding hydrogens is 282 g/mol. The molecule has 20 heavy (non-hydrogen) atoms. The number of aliphatic carboxylic acids is 1. The number of carboxylic acids is 1. The van der Waals surface area contributed by atoms with Gasteiger partial charge in [0.05, 0.1) is 18.1 Å². The lowest BCUT2D eigenvalue weighted by atomic mass is 10.3. The SMILES string of the molecule is O=C(O)CN(C(=O)CCOc1ccccc1Cl)C1CC1. The van der Waals surface area contributed by atoms with Gasteiger partial charge in [0.1, 0.15) is 12.3 Å². The van der Waals surface area contributed by atoms with Gasteiger partial charge in [-0.15, -0.1) is 0 Å². The number of carbonyl (C=O) groups excluding carboxylic acids is 1. The van der Waals surface area contributed by atoms with Gasteiger partial charge in [-0.1, -0.05) is 23.7 Å². The van der Waals surface area contributed by atoms with Crippen molar-refractivity contribution in [2.24, 2.45) is 0 Å². The molecule has 1 amide bonds. The Kier molecular flexibility index (Phi) is 4.84. The fraction of sp³-hybridized carbons (Fsp3) is 0.429.